The summed E-state index contributed by atoms with van der Waals surface area (Å²) in [5.74, 6) is 3.72. The van der Waals surface area contributed by atoms with Crippen molar-refractivity contribution in [1.82, 2.24) is 0 Å². The Morgan fingerprint density at radius 1 is 1.00 bits per heavy atom. The van der Waals surface area contributed by atoms with E-state index >= 15 is 0 Å². The minimum atomic E-state index is 0.557. The van der Waals surface area contributed by atoms with Gasteiger partial charge in [-0.1, -0.05) is 55.4 Å². The predicted molar refractivity (Wildman–Crippen MR) is 80.8 cm³/mol. The number of hydrogen-bond acceptors (Lipinski definition) is 0. The summed E-state index contributed by atoms with van der Waals surface area (Å²) in [6.07, 6.45) is 3.06. The van der Waals surface area contributed by atoms with E-state index in [0.717, 1.165) is 29.1 Å². The number of hydrogen-bond donors (Lipinski definition) is 0. The van der Waals surface area contributed by atoms with E-state index in [4.69, 9.17) is 0 Å². The molecule has 0 radical (unpaired) electrons. The Morgan fingerprint density at radius 2 is 1.58 bits per heavy atom. The Morgan fingerprint density at radius 3 is 2.05 bits per heavy atom. The standard InChI is InChI=1S/C19H32/c1-11(2)16(6)13(4)14-17(16,7)18(8)15(5)10-19(14,18)9-12(15)3/h11-14H,9-10H2,1-8H3. The monoisotopic (exact) mass is 260 g/mol. The highest BCUT2D eigenvalue weighted by molar-refractivity contribution is 5.45. The molecule has 0 aliphatic heterocycles. The molecule has 5 aliphatic rings. The van der Waals surface area contributed by atoms with Crippen LogP contribution in [0.2, 0.25) is 0 Å². The number of fused-ring (bicyclic) bond motifs is 2. The molecule has 0 heterocycles. The van der Waals surface area contributed by atoms with Gasteiger partial charge in [-0.2, -0.15) is 0 Å². The van der Waals surface area contributed by atoms with E-state index in [-0.39, 0.29) is 0 Å². The van der Waals surface area contributed by atoms with E-state index in [1.165, 1.54) is 12.8 Å². The van der Waals surface area contributed by atoms with Crippen LogP contribution >= 0.6 is 0 Å². The third-order valence-electron chi connectivity index (χ3n) is 10.6. The maximum atomic E-state index is 2.68. The van der Waals surface area contributed by atoms with E-state index in [9.17, 15) is 0 Å². The van der Waals surface area contributed by atoms with Gasteiger partial charge in [0, 0.05) is 0 Å². The lowest BCUT2D eigenvalue weighted by Gasteiger charge is -2.95. The SMILES string of the molecule is CC1CC23CC1(C)C2(C)C1(C)C3C(C)C1(C)C(C)C. The van der Waals surface area contributed by atoms with Crippen LogP contribution in [-0.2, 0) is 0 Å². The summed E-state index contributed by atoms with van der Waals surface area (Å²) in [6.45, 7) is 20.6. The van der Waals surface area contributed by atoms with Crippen molar-refractivity contribution in [3.8, 4) is 0 Å². The van der Waals surface area contributed by atoms with Gasteiger partial charge < -0.3 is 0 Å². The lowest BCUT2D eigenvalue weighted by Crippen LogP contribution is -2.91. The average molecular weight is 260 g/mol. The lowest BCUT2D eigenvalue weighted by atomic mass is 9.08. The summed E-state index contributed by atoms with van der Waals surface area (Å²) in [5.41, 5.74) is 3.16. The third kappa shape index (κ3) is 0.702. The molecule has 8 unspecified atom stereocenters. The summed E-state index contributed by atoms with van der Waals surface area (Å²) < 4.78 is 0. The molecule has 0 heteroatoms. The molecule has 108 valence electrons. The minimum absolute atomic E-state index is 0.557. The van der Waals surface area contributed by atoms with Gasteiger partial charge in [0.05, 0.1) is 0 Å². The number of rotatable bonds is 1. The molecule has 8 atom stereocenters. The summed E-state index contributed by atoms with van der Waals surface area (Å²) >= 11 is 0. The molecule has 5 rings (SSSR count). The molecule has 0 aromatic heterocycles. The van der Waals surface area contributed by atoms with Crippen LogP contribution in [0, 0.1) is 50.7 Å². The fourth-order valence-corrected chi connectivity index (χ4v) is 9.33. The van der Waals surface area contributed by atoms with Crippen LogP contribution < -0.4 is 0 Å². The molecular weight excluding hydrogens is 228 g/mol. The summed E-state index contributed by atoms with van der Waals surface area (Å²) in [4.78, 5) is 0. The van der Waals surface area contributed by atoms with Gasteiger partial charge >= 0.3 is 0 Å². The topological polar surface area (TPSA) is 0 Å². The molecule has 0 nitrogen and oxygen atoms in total. The lowest BCUT2D eigenvalue weighted by molar-refractivity contribution is -0.486. The molecule has 5 saturated carbocycles. The zero-order valence-electron chi connectivity index (χ0n) is 14.2. The molecule has 0 aromatic rings. The molecule has 0 N–H and O–H groups in total. The third-order valence-corrected chi connectivity index (χ3v) is 10.6. The Labute approximate surface area is 119 Å². The molecule has 0 amide bonds. The molecule has 19 heavy (non-hydrogen) atoms. The first kappa shape index (κ1) is 12.7. The van der Waals surface area contributed by atoms with Crippen molar-refractivity contribution in [3.63, 3.8) is 0 Å². The first-order valence-electron chi connectivity index (χ1n) is 8.56. The summed E-state index contributed by atoms with van der Waals surface area (Å²) in [7, 11) is 0. The van der Waals surface area contributed by atoms with Crippen molar-refractivity contribution in [2.45, 2.75) is 68.2 Å². The van der Waals surface area contributed by atoms with Crippen molar-refractivity contribution in [3.05, 3.63) is 0 Å². The van der Waals surface area contributed by atoms with Crippen molar-refractivity contribution >= 4 is 0 Å². The van der Waals surface area contributed by atoms with Gasteiger partial charge in [0.1, 0.15) is 0 Å². The van der Waals surface area contributed by atoms with Gasteiger partial charge in [-0.25, -0.2) is 0 Å². The first-order valence-corrected chi connectivity index (χ1v) is 8.56. The molecule has 0 saturated heterocycles. The van der Waals surface area contributed by atoms with Gasteiger partial charge in [-0.3, -0.25) is 0 Å². The van der Waals surface area contributed by atoms with Crippen LogP contribution in [0.4, 0.5) is 0 Å². The Bertz CT molecular complexity index is 474. The van der Waals surface area contributed by atoms with E-state index in [1.54, 1.807) is 0 Å². The van der Waals surface area contributed by atoms with E-state index in [0.29, 0.717) is 21.7 Å². The zero-order valence-corrected chi connectivity index (χ0v) is 14.2. The maximum Gasteiger partial charge on any atom is -0.0147 e. The Balaban J connectivity index is 1.88. The highest BCUT2D eigenvalue weighted by Crippen LogP contribution is 3.03. The van der Waals surface area contributed by atoms with Gasteiger partial charge in [0.2, 0.25) is 0 Å². The summed E-state index contributed by atoms with van der Waals surface area (Å²) in [6, 6.07) is 0. The van der Waals surface area contributed by atoms with Crippen LogP contribution in [0.25, 0.3) is 0 Å². The largest absolute Gasteiger partial charge is 0.0622 e. The molecule has 5 fully saturated rings. The second kappa shape index (κ2) is 2.69. The fraction of sp³-hybridized carbons (Fsp3) is 1.00. The first-order chi connectivity index (χ1) is 8.56. The Hall–Kier alpha value is 0. The van der Waals surface area contributed by atoms with E-state index in [1.807, 2.05) is 0 Å². The molecular formula is C19H32. The fourth-order valence-electron chi connectivity index (χ4n) is 9.33. The van der Waals surface area contributed by atoms with Crippen LogP contribution in [0.3, 0.4) is 0 Å². The second-order valence-corrected chi connectivity index (χ2v) is 9.89. The van der Waals surface area contributed by atoms with E-state index in [2.05, 4.69) is 55.4 Å². The predicted octanol–water partition coefficient (Wildman–Crippen LogP) is 5.38. The average Bonchev–Trinajstić information content (AvgIpc) is 2.68. The molecule has 2 bridgehead atoms. The maximum absolute atomic E-state index is 2.68. The smallest absolute Gasteiger partial charge is 0.0147 e. The van der Waals surface area contributed by atoms with Gasteiger partial charge in [-0.15, -0.1) is 0 Å². The van der Waals surface area contributed by atoms with Crippen molar-refractivity contribution in [2.75, 3.05) is 0 Å². The van der Waals surface area contributed by atoms with Crippen LogP contribution in [0.5, 0.6) is 0 Å². The van der Waals surface area contributed by atoms with Crippen LogP contribution in [0.15, 0.2) is 0 Å². The molecule has 1 spiro atoms. The molecule has 5 aliphatic carbocycles. The van der Waals surface area contributed by atoms with Gasteiger partial charge in [0.15, 0.2) is 0 Å². The van der Waals surface area contributed by atoms with Crippen LogP contribution in [0.1, 0.15) is 68.2 Å². The highest BCUT2D eigenvalue weighted by Gasteiger charge is 2.98. The Kier molecular flexibility index (Phi) is 1.80. The van der Waals surface area contributed by atoms with Gasteiger partial charge in [0.25, 0.3) is 0 Å². The van der Waals surface area contributed by atoms with Crippen LogP contribution in [-0.4, -0.2) is 0 Å². The highest BCUT2D eigenvalue weighted by atomic mass is 15.0. The van der Waals surface area contributed by atoms with Crippen molar-refractivity contribution in [1.29, 1.82) is 0 Å². The van der Waals surface area contributed by atoms with Crippen molar-refractivity contribution < 1.29 is 0 Å². The second-order valence-electron chi connectivity index (χ2n) is 9.89. The van der Waals surface area contributed by atoms with Crippen molar-refractivity contribution in [2.24, 2.45) is 50.7 Å². The minimum Gasteiger partial charge on any atom is -0.0622 e. The zero-order chi connectivity index (χ0) is 14.2. The molecule has 0 aromatic carbocycles. The van der Waals surface area contributed by atoms with Gasteiger partial charge in [-0.05, 0) is 63.6 Å². The van der Waals surface area contributed by atoms with E-state index < -0.39 is 0 Å². The normalized spacial score (nSPS) is 72.8. The quantitative estimate of drug-likeness (QED) is 0.594. The summed E-state index contributed by atoms with van der Waals surface area (Å²) in [5, 5.41) is 0.